The molecule has 1 aromatic rings. The molecule has 2 rings (SSSR count). The molecule has 1 aliphatic heterocycles. The van der Waals surface area contributed by atoms with E-state index >= 15 is 0 Å². The molecule has 1 saturated heterocycles. The van der Waals surface area contributed by atoms with Crippen molar-refractivity contribution in [1.29, 1.82) is 0 Å². The summed E-state index contributed by atoms with van der Waals surface area (Å²) < 4.78 is 0.638. The maximum absolute atomic E-state index is 11.7. The van der Waals surface area contributed by atoms with E-state index in [0.717, 1.165) is 16.5 Å². The number of thiophene rings is 1. The summed E-state index contributed by atoms with van der Waals surface area (Å²) in [5, 5.41) is 15.6. The van der Waals surface area contributed by atoms with Crippen LogP contribution in [-0.4, -0.2) is 35.2 Å². The minimum Gasteiger partial charge on any atom is -0.386 e. The third-order valence-electron chi connectivity index (χ3n) is 2.42. The zero-order chi connectivity index (χ0) is 12.3. The number of carbonyl (C=O) groups excluding carboxylic acids is 1. The average Bonchev–Trinajstić information content (AvgIpc) is 2.95. The molecule has 0 radical (unpaired) electrons. The molecule has 1 aliphatic rings. The Labute approximate surface area is 125 Å². The summed E-state index contributed by atoms with van der Waals surface area (Å²) in [7, 11) is 0. The fourth-order valence-corrected chi connectivity index (χ4v) is 3.48. The lowest BCUT2D eigenvalue weighted by Gasteiger charge is -2.13. The standard InChI is InChI=1S/C10H13ClN2O2S2.ClH/c11-9-2-1-8(17-9)7(14)3-12-10(15)6-4-16-5-13-6;/h1-2,6-7,13-14H,3-5H2,(H,12,15);1H/t6-,7?;/m1./s1. The van der Waals surface area contributed by atoms with Gasteiger partial charge in [-0.1, -0.05) is 11.6 Å². The van der Waals surface area contributed by atoms with Crippen LogP contribution in [0, 0.1) is 0 Å². The molecule has 102 valence electrons. The second-order valence-electron chi connectivity index (χ2n) is 3.67. The SMILES string of the molecule is Cl.O=C(NCC(O)c1ccc(Cl)s1)[C@H]1CSCN1. The van der Waals surface area contributed by atoms with Gasteiger partial charge in [-0.05, 0) is 12.1 Å². The van der Waals surface area contributed by atoms with Gasteiger partial charge in [0.15, 0.2) is 0 Å². The average molecular weight is 329 g/mol. The van der Waals surface area contributed by atoms with Crippen LogP contribution in [0.3, 0.4) is 0 Å². The Kier molecular flexibility index (Phi) is 6.76. The number of rotatable bonds is 4. The van der Waals surface area contributed by atoms with Gasteiger partial charge in [0.25, 0.3) is 0 Å². The van der Waals surface area contributed by atoms with E-state index in [1.54, 1.807) is 23.9 Å². The molecule has 0 aromatic carbocycles. The maximum Gasteiger partial charge on any atom is 0.238 e. The largest absolute Gasteiger partial charge is 0.386 e. The van der Waals surface area contributed by atoms with Gasteiger partial charge in [0.1, 0.15) is 6.10 Å². The van der Waals surface area contributed by atoms with E-state index in [4.69, 9.17) is 11.6 Å². The van der Waals surface area contributed by atoms with Gasteiger partial charge in [0, 0.05) is 23.1 Å². The van der Waals surface area contributed by atoms with Crippen molar-refractivity contribution in [1.82, 2.24) is 10.6 Å². The molecule has 2 heterocycles. The van der Waals surface area contributed by atoms with Crippen LogP contribution in [0.4, 0.5) is 0 Å². The van der Waals surface area contributed by atoms with Crippen LogP contribution >= 0.6 is 47.1 Å². The molecule has 4 nitrogen and oxygen atoms in total. The number of hydrogen-bond acceptors (Lipinski definition) is 5. The first-order valence-corrected chi connectivity index (χ1v) is 7.54. The Morgan fingerprint density at radius 2 is 2.44 bits per heavy atom. The van der Waals surface area contributed by atoms with Crippen LogP contribution in [-0.2, 0) is 4.79 Å². The fraction of sp³-hybridized carbons (Fsp3) is 0.500. The van der Waals surface area contributed by atoms with Gasteiger partial charge < -0.3 is 10.4 Å². The van der Waals surface area contributed by atoms with Gasteiger partial charge in [-0.2, -0.15) is 0 Å². The first kappa shape index (κ1) is 16.1. The molecule has 2 atom stereocenters. The summed E-state index contributed by atoms with van der Waals surface area (Å²) in [5.41, 5.74) is 0. The number of hydrogen-bond donors (Lipinski definition) is 3. The highest BCUT2D eigenvalue weighted by atomic mass is 35.5. The third kappa shape index (κ3) is 4.29. The first-order chi connectivity index (χ1) is 8.16. The van der Waals surface area contributed by atoms with Crippen LogP contribution in [0.25, 0.3) is 0 Å². The van der Waals surface area contributed by atoms with E-state index in [9.17, 15) is 9.90 Å². The third-order valence-corrected chi connectivity index (χ3v) is 4.70. The van der Waals surface area contributed by atoms with E-state index in [1.807, 2.05) is 0 Å². The van der Waals surface area contributed by atoms with E-state index < -0.39 is 6.10 Å². The number of amides is 1. The van der Waals surface area contributed by atoms with Crippen molar-refractivity contribution in [3.8, 4) is 0 Å². The van der Waals surface area contributed by atoms with Crippen molar-refractivity contribution < 1.29 is 9.90 Å². The maximum atomic E-state index is 11.7. The molecule has 1 fully saturated rings. The van der Waals surface area contributed by atoms with Crippen molar-refractivity contribution in [2.24, 2.45) is 0 Å². The van der Waals surface area contributed by atoms with Gasteiger partial charge >= 0.3 is 0 Å². The van der Waals surface area contributed by atoms with Gasteiger partial charge in [0.2, 0.25) is 5.91 Å². The topological polar surface area (TPSA) is 61.4 Å². The molecular weight excluding hydrogens is 315 g/mol. The van der Waals surface area contributed by atoms with Gasteiger partial charge in [-0.25, -0.2) is 0 Å². The zero-order valence-electron chi connectivity index (χ0n) is 9.39. The fourth-order valence-electron chi connectivity index (χ4n) is 1.49. The van der Waals surface area contributed by atoms with E-state index in [2.05, 4.69) is 10.6 Å². The van der Waals surface area contributed by atoms with Crippen molar-refractivity contribution in [3.05, 3.63) is 21.3 Å². The lowest BCUT2D eigenvalue weighted by Crippen LogP contribution is -2.43. The Bertz CT molecular complexity index is 397. The smallest absolute Gasteiger partial charge is 0.238 e. The highest BCUT2D eigenvalue weighted by Crippen LogP contribution is 2.26. The molecule has 8 heteroatoms. The predicted octanol–water partition coefficient (Wildman–Crippen LogP) is 1.64. The summed E-state index contributed by atoms with van der Waals surface area (Å²) >= 11 is 8.80. The number of carbonyl (C=O) groups is 1. The van der Waals surface area contributed by atoms with Gasteiger partial charge in [-0.3, -0.25) is 10.1 Å². The number of aliphatic hydroxyl groups excluding tert-OH is 1. The summed E-state index contributed by atoms with van der Waals surface area (Å²) in [6.07, 6.45) is -0.689. The van der Waals surface area contributed by atoms with Gasteiger partial charge in [-0.15, -0.1) is 35.5 Å². The van der Waals surface area contributed by atoms with E-state index in [0.29, 0.717) is 4.34 Å². The first-order valence-electron chi connectivity index (χ1n) is 5.19. The minimum atomic E-state index is -0.689. The molecule has 0 aliphatic carbocycles. The molecule has 1 amide bonds. The second kappa shape index (κ2) is 7.57. The molecule has 3 N–H and O–H groups in total. The van der Waals surface area contributed by atoms with Crippen molar-refractivity contribution in [2.45, 2.75) is 12.1 Å². The molecule has 1 unspecified atom stereocenters. The van der Waals surface area contributed by atoms with E-state index in [-0.39, 0.29) is 30.9 Å². The molecule has 1 aromatic heterocycles. The van der Waals surface area contributed by atoms with Crippen LogP contribution < -0.4 is 10.6 Å². The Balaban J connectivity index is 0.00000162. The van der Waals surface area contributed by atoms with E-state index in [1.165, 1.54) is 11.3 Å². The highest BCUT2D eigenvalue weighted by molar-refractivity contribution is 7.99. The van der Waals surface area contributed by atoms with Crippen LogP contribution in [0.5, 0.6) is 0 Å². The summed E-state index contributed by atoms with van der Waals surface area (Å²) in [6.45, 7) is 0.221. The molecule has 0 bridgehead atoms. The molecule has 0 spiro atoms. The molecular formula is C10H14Cl2N2O2S2. The van der Waals surface area contributed by atoms with Crippen LogP contribution in [0.1, 0.15) is 11.0 Å². The number of halogens is 2. The normalized spacial score (nSPS) is 20.2. The van der Waals surface area contributed by atoms with Crippen molar-refractivity contribution in [2.75, 3.05) is 18.2 Å². The summed E-state index contributed by atoms with van der Waals surface area (Å²) in [4.78, 5) is 12.4. The van der Waals surface area contributed by atoms with Crippen molar-refractivity contribution >= 4 is 53.0 Å². The number of nitrogens with one attached hydrogen (secondary N) is 2. The molecule has 18 heavy (non-hydrogen) atoms. The van der Waals surface area contributed by atoms with Crippen molar-refractivity contribution in [3.63, 3.8) is 0 Å². The van der Waals surface area contributed by atoms with Crippen LogP contribution in [0.2, 0.25) is 4.34 Å². The van der Waals surface area contributed by atoms with Gasteiger partial charge in [0.05, 0.1) is 10.4 Å². The zero-order valence-corrected chi connectivity index (χ0v) is 12.6. The minimum absolute atomic E-state index is 0. The molecule has 0 saturated carbocycles. The summed E-state index contributed by atoms with van der Waals surface area (Å²) in [5.74, 6) is 1.53. The summed E-state index contributed by atoms with van der Waals surface area (Å²) in [6, 6.07) is 3.37. The Hall–Kier alpha value is 0.0200. The van der Waals surface area contributed by atoms with Crippen LogP contribution in [0.15, 0.2) is 12.1 Å². The monoisotopic (exact) mass is 328 g/mol. The Morgan fingerprint density at radius 1 is 1.67 bits per heavy atom. The highest BCUT2D eigenvalue weighted by Gasteiger charge is 2.23. The number of aliphatic hydroxyl groups is 1. The number of thioether (sulfide) groups is 1. The quantitative estimate of drug-likeness (QED) is 0.786. The lowest BCUT2D eigenvalue weighted by molar-refractivity contribution is -0.122. The lowest BCUT2D eigenvalue weighted by atomic mass is 10.2. The Morgan fingerprint density at radius 3 is 3.00 bits per heavy atom. The predicted molar refractivity (Wildman–Crippen MR) is 78.8 cm³/mol. The second-order valence-corrected chi connectivity index (χ2v) is 6.45.